The summed E-state index contributed by atoms with van der Waals surface area (Å²) in [5, 5.41) is 3.37. The molecule has 0 unspecified atom stereocenters. The molecule has 0 radical (unpaired) electrons. The Hall–Kier alpha value is -2.15. The predicted octanol–water partition coefficient (Wildman–Crippen LogP) is 2.38. The number of ether oxygens (including phenoxy) is 1. The van der Waals surface area contributed by atoms with Crippen molar-refractivity contribution in [3.05, 3.63) is 35.1 Å². The molecule has 0 aliphatic carbocycles. The molecule has 26 heavy (non-hydrogen) atoms. The third kappa shape index (κ3) is 3.82. The Morgan fingerprint density at radius 1 is 1.38 bits per heavy atom. The first kappa shape index (κ1) is 18.6. The summed E-state index contributed by atoms with van der Waals surface area (Å²) in [6.07, 6.45) is -0.349. The van der Waals surface area contributed by atoms with E-state index in [4.69, 9.17) is 4.74 Å². The van der Waals surface area contributed by atoms with E-state index in [-0.39, 0.29) is 36.4 Å². The second-order valence-electron chi connectivity index (χ2n) is 8.04. The standard InChI is InChI=1S/C19H26FN3O3/c1-12-8-21-13(10-23(12)18(25)26-19(2,3)4)9-22-11-15-14(17(22)24)6-5-7-16(15)20/h5-7,12-13,21H,8-11H2,1-4H3/t12-,13+/m1/s1. The molecule has 0 bridgehead atoms. The number of nitrogens with one attached hydrogen (secondary N) is 1. The maximum absolute atomic E-state index is 13.9. The van der Waals surface area contributed by atoms with Crippen molar-refractivity contribution in [1.82, 2.24) is 15.1 Å². The minimum atomic E-state index is -0.554. The number of benzene rings is 1. The molecule has 0 aromatic heterocycles. The zero-order valence-corrected chi connectivity index (χ0v) is 15.7. The molecule has 0 spiro atoms. The van der Waals surface area contributed by atoms with Gasteiger partial charge in [0.25, 0.3) is 5.91 Å². The van der Waals surface area contributed by atoms with Crippen LogP contribution in [-0.2, 0) is 11.3 Å². The number of carbonyl (C=O) groups excluding carboxylic acids is 2. The van der Waals surface area contributed by atoms with Crippen molar-refractivity contribution in [3.63, 3.8) is 0 Å². The molecule has 2 atom stereocenters. The highest BCUT2D eigenvalue weighted by Gasteiger charge is 2.35. The van der Waals surface area contributed by atoms with E-state index in [0.717, 1.165) is 0 Å². The van der Waals surface area contributed by atoms with Gasteiger partial charge in [-0.15, -0.1) is 0 Å². The van der Waals surface area contributed by atoms with Gasteiger partial charge in [0.15, 0.2) is 0 Å². The van der Waals surface area contributed by atoms with E-state index < -0.39 is 5.60 Å². The number of hydrogen-bond acceptors (Lipinski definition) is 4. The highest BCUT2D eigenvalue weighted by molar-refractivity contribution is 5.98. The Bertz CT molecular complexity index is 716. The van der Waals surface area contributed by atoms with Crippen LogP contribution in [0.4, 0.5) is 9.18 Å². The first-order valence-electron chi connectivity index (χ1n) is 8.95. The average molecular weight is 363 g/mol. The number of fused-ring (bicyclic) bond motifs is 1. The van der Waals surface area contributed by atoms with Crippen LogP contribution < -0.4 is 5.32 Å². The van der Waals surface area contributed by atoms with E-state index in [0.29, 0.717) is 30.8 Å². The summed E-state index contributed by atoms with van der Waals surface area (Å²) in [5.74, 6) is -0.511. The lowest BCUT2D eigenvalue weighted by atomic mass is 10.1. The summed E-state index contributed by atoms with van der Waals surface area (Å²) in [4.78, 5) is 28.3. The molecule has 2 amide bonds. The van der Waals surface area contributed by atoms with Crippen molar-refractivity contribution in [2.45, 2.75) is 51.9 Å². The van der Waals surface area contributed by atoms with Crippen LogP contribution in [0.15, 0.2) is 18.2 Å². The Kier molecular flexibility index (Phi) is 4.92. The van der Waals surface area contributed by atoms with E-state index in [1.165, 1.54) is 6.07 Å². The minimum Gasteiger partial charge on any atom is -0.444 e. The van der Waals surface area contributed by atoms with Gasteiger partial charge in [0.2, 0.25) is 0 Å². The van der Waals surface area contributed by atoms with Crippen LogP contribution in [0.5, 0.6) is 0 Å². The summed E-state index contributed by atoms with van der Waals surface area (Å²) in [7, 11) is 0. The first-order valence-corrected chi connectivity index (χ1v) is 8.95. The van der Waals surface area contributed by atoms with Crippen molar-refractivity contribution in [3.8, 4) is 0 Å². The second kappa shape index (κ2) is 6.87. The lowest BCUT2D eigenvalue weighted by molar-refractivity contribution is 0.00817. The molecular weight excluding hydrogens is 337 g/mol. The maximum Gasteiger partial charge on any atom is 0.410 e. The Balaban J connectivity index is 1.65. The number of hydrogen-bond donors (Lipinski definition) is 1. The summed E-state index contributed by atoms with van der Waals surface area (Å²) in [6.45, 7) is 9.21. The monoisotopic (exact) mass is 363 g/mol. The molecule has 1 saturated heterocycles. The van der Waals surface area contributed by atoms with Gasteiger partial charge in [0.05, 0.1) is 0 Å². The molecule has 7 heteroatoms. The average Bonchev–Trinajstić information content (AvgIpc) is 2.86. The van der Waals surface area contributed by atoms with Crippen LogP contribution in [-0.4, -0.2) is 59.1 Å². The van der Waals surface area contributed by atoms with Gasteiger partial charge in [-0.25, -0.2) is 9.18 Å². The fraction of sp³-hybridized carbons (Fsp3) is 0.579. The molecule has 0 saturated carbocycles. The van der Waals surface area contributed by atoms with Gasteiger partial charge in [-0.2, -0.15) is 0 Å². The number of amides is 2. The van der Waals surface area contributed by atoms with E-state index >= 15 is 0 Å². The van der Waals surface area contributed by atoms with Gasteiger partial charge in [0, 0.05) is 49.4 Å². The topological polar surface area (TPSA) is 61.9 Å². The Morgan fingerprint density at radius 3 is 2.77 bits per heavy atom. The molecule has 2 aliphatic rings. The van der Waals surface area contributed by atoms with Gasteiger partial charge in [-0.3, -0.25) is 4.79 Å². The van der Waals surface area contributed by atoms with Crippen molar-refractivity contribution in [1.29, 1.82) is 0 Å². The van der Waals surface area contributed by atoms with Crippen molar-refractivity contribution >= 4 is 12.0 Å². The predicted molar refractivity (Wildman–Crippen MR) is 95.3 cm³/mol. The molecule has 1 aromatic carbocycles. The van der Waals surface area contributed by atoms with Crippen LogP contribution in [0.25, 0.3) is 0 Å². The van der Waals surface area contributed by atoms with Crippen LogP contribution in [0.2, 0.25) is 0 Å². The Morgan fingerprint density at radius 2 is 2.12 bits per heavy atom. The molecule has 142 valence electrons. The summed E-state index contributed by atoms with van der Waals surface area (Å²) in [6, 6.07) is 4.51. The maximum atomic E-state index is 13.9. The van der Waals surface area contributed by atoms with E-state index in [9.17, 15) is 14.0 Å². The number of halogens is 1. The zero-order valence-electron chi connectivity index (χ0n) is 15.7. The smallest absolute Gasteiger partial charge is 0.410 e. The van der Waals surface area contributed by atoms with Crippen molar-refractivity contribution < 1.29 is 18.7 Å². The number of nitrogens with zero attached hydrogens (tertiary/aromatic N) is 2. The van der Waals surface area contributed by atoms with E-state index in [1.807, 2.05) is 27.7 Å². The quantitative estimate of drug-likeness (QED) is 0.876. The van der Waals surface area contributed by atoms with Crippen LogP contribution in [0, 0.1) is 5.82 Å². The van der Waals surface area contributed by atoms with Gasteiger partial charge in [-0.1, -0.05) is 6.07 Å². The summed E-state index contributed by atoms with van der Waals surface area (Å²) >= 11 is 0. The summed E-state index contributed by atoms with van der Waals surface area (Å²) < 4.78 is 19.4. The van der Waals surface area contributed by atoms with Gasteiger partial charge < -0.3 is 19.9 Å². The molecule has 2 aliphatic heterocycles. The van der Waals surface area contributed by atoms with Crippen LogP contribution >= 0.6 is 0 Å². The highest BCUT2D eigenvalue weighted by atomic mass is 19.1. The highest BCUT2D eigenvalue weighted by Crippen LogP contribution is 2.25. The van der Waals surface area contributed by atoms with Gasteiger partial charge >= 0.3 is 6.09 Å². The SMILES string of the molecule is C[C@@H]1CN[C@@H](CN2Cc3c(F)cccc3C2=O)CN1C(=O)OC(C)(C)C. The summed E-state index contributed by atoms with van der Waals surface area (Å²) in [5.41, 5.74) is 0.324. The third-order valence-electron chi connectivity index (χ3n) is 4.71. The third-order valence-corrected chi connectivity index (χ3v) is 4.71. The van der Waals surface area contributed by atoms with E-state index in [2.05, 4.69) is 5.32 Å². The molecule has 1 N–H and O–H groups in total. The fourth-order valence-electron chi connectivity index (χ4n) is 3.39. The number of piperazine rings is 1. The fourth-order valence-corrected chi connectivity index (χ4v) is 3.39. The Labute approximate surface area is 153 Å². The first-order chi connectivity index (χ1) is 12.2. The normalized spacial score (nSPS) is 23.2. The molecular formula is C19H26FN3O3. The van der Waals surface area contributed by atoms with E-state index in [1.54, 1.807) is 21.9 Å². The molecule has 2 heterocycles. The van der Waals surface area contributed by atoms with Crippen LogP contribution in [0.1, 0.15) is 43.6 Å². The largest absolute Gasteiger partial charge is 0.444 e. The van der Waals surface area contributed by atoms with Crippen molar-refractivity contribution in [2.75, 3.05) is 19.6 Å². The van der Waals surface area contributed by atoms with Crippen molar-refractivity contribution in [2.24, 2.45) is 0 Å². The zero-order chi connectivity index (χ0) is 19.1. The molecule has 3 rings (SSSR count). The number of rotatable bonds is 2. The lowest BCUT2D eigenvalue weighted by Crippen LogP contribution is -2.60. The molecule has 1 fully saturated rings. The van der Waals surface area contributed by atoms with Gasteiger partial charge in [-0.05, 0) is 39.8 Å². The molecule has 6 nitrogen and oxygen atoms in total. The second-order valence-corrected chi connectivity index (χ2v) is 8.04. The molecule has 1 aromatic rings. The minimum absolute atomic E-state index is 0.00465. The number of carbonyl (C=O) groups is 2. The van der Waals surface area contributed by atoms with Gasteiger partial charge in [0.1, 0.15) is 11.4 Å². The lowest BCUT2D eigenvalue weighted by Gasteiger charge is -2.40. The van der Waals surface area contributed by atoms with Crippen LogP contribution in [0.3, 0.4) is 0 Å².